The van der Waals surface area contributed by atoms with Crippen molar-refractivity contribution in [2.24, 2.45) is 0 Å². The lowest BCUT2D eigenvalue weighted by Crippen LogP contribution is -2.30. The van der Waals surface area contributed by atoms with Crippen molar-refractivity contribution in [2.45, 2.75) is 26.6 Å². The molecule has 0 atom stereocenters. The summed E-state index contributed by atoms with van der Waals surface area (Å²) in [7, 11) is 3.09. The molecule has 0 aliphatic heterocycles. The Morgan fingerprint density at radius 1 is 1.09 bits per heavy atom. The van der Waals surface area contributed by atoms with Gasteiger partial charge in [0, 0.05) is 19.3 Å². The molecule has 0 radical (unpaired) electrons. The number of hydrogen-bond acceptors (Lipinski definition) is 5. The van der Waals surface area contributed by atoms with Gasteiger partial charge in [-0.25, -0.2) is 9.67 Å². The molecule has 32 heavy (non-hydrogen) atoms. The number of amides is 1. The summed E-state index contributed by atoms with van der Waals surface area (Å²) in [6.07, 6.45) is -2.33. The number of pyridine rings is 1. The molecular formula is C22H23F3N4O3. The average Bonchev–Trinajstić information content (AvgIpc) is 3.17. The van der Waals surface area contributed by atoms with Crippen LogP contribution in [0.2, 0.25) is 0 Å². The van der Waals surface area contributed by atoms with Crippen LogP contribution >= 0.6 is 0 Å². The van der Waals surface area contributed by atoms with Crippen LogP contribution in [0.5, 0.6) is 11.5 Å². The molecule has 0 saturated heterocycles. The van der Waals surface area contributed by atoms with Crippen molar-refractivity contribution in [1.82, 2.24) is 19.7 Å². The highest BCUT2D eigenvalue weighted by atomic mass is 19.4. The third-order valence-electron chi connectivity index (χ3n) is 5.02. The Balaban J connectivity index is 1.83. The maximum atomic E-state index is 13.2. The van der Waals surface area contributed by atoms with E-state index in [4.69, 9.17) is 9.47 Å². The maximum absolute atomic E-state index is 13.2. The molecule has 10 heteroatoms. The van der Waals surface area contributed by atoms with E-state index in [0.29, 0.717) is 35.8 Å². The van der Waals surface area contributed by atoms with Gasteiger partial charge >= 0.3 is 6.18 Å². The average molecular weight is 448 g/mol. The van der Waals surface area contributed by atoms with E-state index in [-0.39, 0.29) is 11.7 Å². The Labute approximate surface area is 183 Å². The van der Waals surface area contributed by atoms with Gasteiger partial charge in [-0.1, -0.05) is 6.07 Å². The van der Waals surface area contributed by atoms with Crippen LogP contribution in [0.25, 0.3) is 5.82 Å². The van der Waals surface area contributed by atoms with Crippen molar-refractivity contribution in [3.63, 3.8) is 0 Å². The molecule has 0 unspecified atom stereocenters. The molecule has 2 heterocycles. The fraction of sp³-hybridized carbons (Fsp3) is 0.318. The van der Waals surface area contributed by atoms with Gasteiger partial charge in [-0.15, -0.1) is 0 Å². The smallest absolute Gasteiger partial charge is 0.417 e. The largest absolute Gasteiger partial charge is 0.493 e. The van der Waals surface area contributed by atoms with Gasteiger partial charge in [0.2, 0.25) is 0 Å². The van der Waals surface area contributed by atoms with Crippen molar-refractivity contribution in [3.05, 3.63) is 65.1 Å². The van der Waals surface area contributed by atoms with Crippen LogP contribution in [-0.4, -0.2) is 46.3 Å². The second kappa shape index (κ2) is 9.29. The minimum Gasteiger partial charge on any atom is -0.493 e. The lowest BCUT2D eigenvalue weighted by atomic mass is 10.1. The fourth-order valence-electron chi connectivity index (χ4n) is 3.23. The van der Waals surface area contributed by atoms with E-state index in [0.717, 1.165) is 17.8 Å². The van der Waals surface area contributed by atoms with E-state index in [1.165, 1.54) is 24.1 Å². The van der Waals surface area contributed by atoms with Gasteiger partial charge in [-0.3, -0.25) is 4.79 Å². The maximum Gasteiger partial charge on any atom is 0.417 e. The van der Waals surface area contributed by atoms with Crippen LogP contribution in [0.1, 0.15) is 34.1 Å². The Bertz CT molecular complexity index is 1090. The molecule has 0 N–H and O–H groups in total. The van der Waals surface area contributed by atoms with Gasteiger partial charge in [0.25, 0.3) is 5.91 Å². The van der Waals surface area contributed by atoms with E-state index < -0.39 is 11.7 Å². The first kappa shape index (κ1) is 23.1. The number of alkyl halides is 3. The zero-order chi connectivity index (χ0) is 23.5. The summed E-state index contributed by atoms with van der Waals surface area (Å²) in [5, 5.41) is 4.16. The molecule has 1 aromatic carbocycles. The first-order valence-electron chi connectivity index (χ1n) is 9.78. The van der Waals surface area contributed by atoms with Crippen LogP contribution in [-0.2, 0) is 12.7 Å². The number of aromatic nitrogens is 3. The highest BCUT2D eigenvalue weighted by Gasteiger charge is 2.31. The van der Waals surface area contributed by atoms with E-state index >= 15 is 0 Å². The quantitative estimate of drug-likeness (QED) is 0.540. The van der Waals surface area contributed by atoms with Gasteiger partial charge in [-0.2, -0.15) is 18.3 Å². The number of rotatable bonds is 7. The normalized spacial score (nSPS) is 11.3. The first-order chi connectivity index (χ1) is 15.2. The second-order valence-electron chi connectivity index (χ2n) is 6.97. The van der Waals surface area contributed by atoms with Crippen molar-refractivity contribution < 1.29 is 27.4 Å². The van der Waals surface area contributed by atoms with Crippen molar-refractivity contribution in [2.75, 3.05) is 20.8 Å². The predicted octanol–water partition coefficient (Wildman–Crippen LogP) is 4.27. The summed E-state index contributed by atoms with van der Waals surface area (Å²) < 4.78 is 50.2. The molecular weight excluding hydrogens is 425 g/mol. The Morgan fingerprint density at radius 3 is 2.38 bits per heavy atom. The standard InChI is InChI=1S/C22H23F3N4O3/c1-5-28(13-15-6-8-18(31-3)19(10-15)32-4)21(30)17-12-27-29(14(17)2)20-9-7-16(11-26-20)22(23,24)25/h6-12H,5,13H2,1-4H3. The van der Waals surface area contributed by atoms with E-state index in [9.17, 15) is 18.0 Å². The number of methoxy groups -OCH3 is 2. The Kier molecular flexibility index (Phi) is 6.71. The van der Waals surface area contributed by atoms with Gasteiger partial charge in [-0.05, 0) is 43.7 Å². The van der Waals surface area contributed by atoms with Crippen LogP contribution < -0.4 is 9.47 Å². The molecule has 2 aromatic heterocycles. The number of hydrogen-bond donors (Lipinski definition) is 0. The molecule has 0 saturated carbocycles. The minimum absolute atomic E-state index is 0.192. The minimum atomic E-state index is -4.47. The summed E-state index contributed by atoms with van der Waals surface area (Å²) in [6.45, 7) is 4.30. The van der Waals surface area contributed by atoms with Gasteiger partial charge in [0.15, 0.2) is 17.3 Å². The van der Waals surface area contributed by atoms with Crippen molar-refractivity contribution in [3.8, 4) is 17.3 Å². The van der Waals surface area contributed by atoms with Gasteiger partial charge < -0.3 is 14.4 Å². The fourth-order valence-corrected chi connectivity index (χ4v) is 3.23. The molecule has 0 spiro atoms. The molecule has 0 aliphatic rings. The van der Waals surface area contributed by atoms with Crippen molar-refractivity contribution >= 4 is 5.91 Å². The van der Waals surface area contributed by atoms with Crippen molar-refractivity contribution in [1.29, 1.82) is 0 Å². The molecule has 3 rings (SSSR count). The summed E-state index contributed by atoms with van der Waals surface area (Å²) in [4.78, 5) is 18.6. The van der Waals surface area contributed by atoms with Crippen LogP contribution in [0, 0.1) is 6.92 Å². The van der Waals surface area contributed by atoms with Gasteiger partial charge in [0.1, 0.15) is 0 Å². The molecule has 1 amide bonds. The van der Waals surface area contributed by atoms with Crippen LogP contribution in [0.3, 0.4) is 0 Å². The van der Waals surface area contributed by atoms with E-state index in [2.05, 4.69) is 10.1 Å². The number of halogens is 3. The lowest BCUT2D eigenvalue weighted by Gasteiger charge is -2.21. The molecule has 0 fully saturated rings. The third-order valence-corrected chi connectivity index (χ3v) is 5.02. The molecule has 3 aromatic rings. The summed E-state index contributed by atoms with van der Waals surface area (Å²) in [5.41, 5.74) is 0.823. The predicted molar refractivity (Wildman–Crippen MR) is 111 cm³/mol. The molecule has 0 bridgehead atoms. The summed E-state index contributed by atoms with van der Waals surface area (Å²) in [5.74, 6) is 1.09. The number of carbonyl (C=O) groups is 1. The Hall–Kier alpha value is -3.56. The summed E-state index contributed by atoms with van der Waals surface area (Å²) >= 11 is 0. The number of carbonyl (C=O) groups excluding carboxylic acids is 1. The lowest BCUT2D eigenvalue weighted by molar-refractivity contribution is -0.137. The summed E-state index contributed by atoms with van der Waals surface area (Å²) in [6, 6.07) is 7.57. The van der Waals surface area contributed by atoms with E-state index in [1.54, 1.807) is 31.1 Å². The first-order valence-corrected chi connectivity index (χ1v) is 9.78. The van der Waals surface area contributed by atoms with E-state index in [1.807, 2.05) is 13.0 Å². The Morgan fingerprint density at radius 2 is 1.81 bits per heavy atom. The zero-order valence-corrected chi connectivity index (χ0v) is 18.1. The number of ether oxygens (including phenoxy) is 2. The van der Waals surface area contributed by atoms with Gasteiger partial charge in [0.05, 0.1) is 37.2 Å². The SMILES string of the molecule is CCN(Cc1ccc(OC)c(OC)c1)C(=O)c1cnn(-c2ccc(C(F)(F)F)cn2)c1C. The highest BCUT2D eigenvalue weighted by Crippen LogP contribution is 2.30. The zero-order valence-electron chi connectivity index (χ0n) is 18.1. The van der Waals surface area contributed by atoms with Crippen LogP contribution in [0.15, 0.2) is 42.7 Å². The molecule has 7 nitrogen and oxygen atoms in total. The second-order valence-corrected chi connectivity index (χ2v) is 6.97. The third kappa shape index (κ3) is 4.68. The monoisotopic (exact) mass is 448 g/mol. The molecule has 0 aliphatic carbocycles. The molecule has 170 valence electrons. The number of nitrogens with zero attached hydrogens (tertiary/aromatic N) is 4. The number of benzene rings is 1. The highest BCUT2D eigenvalue weighted by molar-refractivity contribution is 5.95. The topological polar surface area (TPSA) is 69.5 Å². The van der Waals surface area contributed by atoms with Crippen LogP contribution in [0.4, 0.5) is 13.2 Å².